The van der Waals surface area contributed by atoms with E-state index < -0.39 is 76.7 Å². The van der Waals surface area contributed by atoms with Crippen molar-refractivity contribution in [2.24, 2.45) is 5.92 Å². The third kappa shape index (κ3) is 32.9. The monoisotopic (exact) mass is 776 g/mol. The largest absolute Gasteiger partial charge is 0.472 e. The van der Waals surface area contributed by atoms with Gasteiger partial charge in [-0.1, -0.05) is 134 Å². The maximum atomic E-state index is 12.6. The number of unbranched alkanes of at least 4 members (excludes halogenated alkanes) is 8. The van der Waals surface area contributed by atoms with Gasteiger partial charge in [0.2, 0.25) is 0 Å². The number of aliphatic hydroxyl groups is 5. The lowest BCUT2D eigenvalue weighted by Gasteiger charge is -2.20. The zero-order valence-electron chi connectivity index (χ0n) is 32.2. The van der Waals surface area contributed by atoms with Gasteiger partial charge in [0.15, 0.2) is 6.10 Å². The Morgan fingerprint density at radius 2 is 1.23 bits per heavy atom. The smallest absolute Gasteiger partial charge is 0.462 e. The maximum absolute atomic E-state index is 12.6. The molecule has 0 aromatic rings. The van der Waals surface area contributed by atoms with E-state index >= 15 is 0 Å². The quantitative estimate of drug-likeness (QED) is 0.0188. The van der Waals surface area contributed by atoms with E-state index in [4.69, 9.17) is 19.1 Å². The van der Waals surface area contributed by atoms with Crippen LogP contribution >= 0.6 is 7.82 Å². The highest BCUT2D eigenvalue weighted by Crippen LogP contribution is 2.43. The average molecular weight is 777 g/mol. The van der Waals surface area contributed by atoms with Crippen LogP contribution in [0, 0.1) is 5.92 Å². The van der Waals surface area contributed by atoms with Crippen LogP contribution in [0.1, 0.15) is 124 Å². The zero-order valence-corrected chi connectivity index (χ0v) is 33.1. The molecule has 1 unspecified atom stereocenters. The lowest BCUT2D eigenvalue weighted by atomic mass is 10.0. The van der Waals surface area contributed by atoms with Crippen molar-refractivity contribution < 1.29 is 63.1 Å². The van der Waals surface area contributed by atoms with Crippen molar-refractivity contribution in [2.45, 2.75) is 154 Å². The molecule has 0 amide bonds. The Balaban J connectivity index is 4.75. The Labute approximate surface area is 317 Å². The van der Waals surface area contributed by atoms with Crippen molar-refractivity contribution in [1.29, 1.82) is 0 Å². The third-order valence-corrected chi connectivity index (χ3v) is 8.98. The number of ether oxygens (including phenoxy) is 2. The van der Waals surface area contributed by atoms with E-state index in [2.05, 4.69) is 25.3 Å². The molecule has 0 radical (unpaired) electrons. The molecule has 13 nitrogen and oxygen atoms in total. The van der Waals surface area contributed by atoms with Gasteiger partial charge in [0, 0.05) is 12.8 Å². The summed E-state index contributed by atoms with van der Waals surface area (Å²) < 4.78 is 32.3. The van der Waals surface area contributed by atoms with Crippen LogP contribution in [0.4, 0.5) is 0 Å². The molecular formula is C39H69O13P. The first-order chi connectivity index (χ1) is 25.3. The summed E-state index contributed by atoms with van der Waals surface area (Å²) in [6.45, 7) is 4.07. The minimum Gasteiger partial charge on any atom is -0.462 e. The number of carbonyl (C=O) groups excluding carboxylic acids is 2. The summed E-state index contributed by atoms with van der Waals surface area (Å²) in [7, 11) is -4.71. The van der Waals surface area contributed by atoms with Crippen molar-refractivity contribution in [2.75, 3.05) is 26.4 Å². The number of aliphatic hydroxyl groups excluding tert-OH is 5. The highest BCUT2D eigenvalue weighted by Gasteiger charge is 2.27. The molecule has 0 heterocycles. The van der Waals surface area contributed by atoms with Crippen LogP contribution in [0.2, 0.25) is 0 Å². The van der Waals surface area contributed by atoms with Gasteiger partial charge >= 0.3 is 19.8 Å². The molecule has 0 aliphatic heterocycles. The van der Waals surface area contributed by atoms with E-state index in [0.29, 0.717) is 12.3 Å². The molecule has 0 aromatic heterocycles. The van der Waals surface area contributed by atoms with Gasteiger partial charge in [0.05, 0.1) is 38.1 Å². The number of esters is 2. The molecule has 6 N–H and O–H groups in total. The van der Waals surface area contributed by atoms with Crippen LogP contribution in [-0.2, 0) is 32.7 Å². The minimum atomic E-state index is -4.71. The van der Waals surface area contributed by atoms with Crippen LogP contribution in [0.3, 0.4) is 0 Å². The first kappa shape index (κ1) is 50.8. The summed E-state index contributed by atoms with van der Waals surface area (Å²) in [6.07, 6.45) is 20.5. The SMILES string of the molecule is CCCCC[C@H](O)/C=C/C=C\C=C\C=C\[C@H](O)[C@@H](O)CCCC(=O)O[C@H](COC(=O)CCCCCCCCCC(C)C)COP(=O)(O)OC[C@@H](O)CO. The second-order valence-electron chi connectivity index (χ2n) is 13.7. The van der Waals surface area contributed by atoms with Crippen LogP contribution in [0.25, 0.3) is 0 Å². The molecule has 14 heteroatoms. The zero-order chi connectivity index (χ0) is 39.7. The molecule has 0 saturated heterocycles. The number of phosphoric ester groups is 1. The molecule has 0 aromatic carbocycles. The first-order valence-corrected chi connectivity index (χ1v) is 20.8. The van der Waals surface area contributed by atoms with Crippen LogP contribution in [0.15, 0.2) is 48.6 Å². The summed E-state index contributed by atoms with van der Waals surface area (Å²) in [5.41, 5.74) is 0. The van der Waals surface area contributed by atoms with Gasteiger partial charge in [-0.05, 0) is 31.6 Å². The van der Waals surface area contributed by atoms with Crippen LogP contribution in [0.5, 0.6) is 0 Å². The molecule has 6 atom stereocenters. The molecule has 53 heavy (non-hydrogen) atoms. The fourth-order valence-electron chi connectivity index (χ4n) is 4.85. The molecule has 0 saturated carbocycles. The first-order valence-electron chi connectivity index (χ1n) is 19.3. The Kier molecular flexibility index (Phi) is 31.8. The number of allylic oxidation sites excluding steroid dienone is 6. The highest BCUT2D eigenvalue weighted by atomic mass is 31.2. The lowest BCUT2D eigenvalue weighted by Crippen LogP contribution is -2.30. The summed E-state index contributed by atoms with van der Waals surface area (Å²) in [6, 6.07) is 0. The topological polar surface area (TPSA) is 210 Å². The third-order valence-electron chi connectivity index (χ3n) is 8.03. The van der Waals surface area contributed by atoms with Crippen molar-refractivity contribution in [3.63, 3.8) is 0 Å². The predicted octanol–water partition coefficient (Wildman–Crippen LogP) is 6.15. The molecule has 0 bridgehead atoms. The van der Waals surface area contributed by atoms with Crippen LogP contribution < -0.4 is 0 Å². The molecule has 0 aliphatic carbocycles. The van der Waals surface area contributed by atoms with E-state index in [1.807, 2.05) is 0 Å². The Morgan fingerprint density at radius 1 is 0.660 bits per heavy atom. The van der Waals surface area contributed by atoms with Crippen molar-refractivity contribution in [3.8, 4) is 0 Å². The van der Waals surface area contributed by atoms with E-state index in [1.165, 1.54) is 31.8 Å². The number of rotatable bonds is 34. The lowest BCUT2D eigenvalue weighted by molar-refractivity contribution is -0.161. The van der Waals surface area contributed by atoms with Crippen molar-refractivity contribution in [1.82, 2.24) is 0 Å². The van der Waals surface area contributed by atoms with Gasteiger partial charge in [0.1, 0.15) is 12.7 Å². The summed E-state index contributed by atoms with van der Waals surface area (Å²) in [5.74, 6) is -0.547. The highest BCUT2D eigenvalue weighted by molar-refractivity contribution is 7.47. The number of hydrogen-bond donors (Lipinski definition) is 6. The second-order valence-corrected chi connectivity index (χ2v) is 15.1. The van der Waals surface area contributed by atoms with Gasteiger partial charge < -0.3 is 39.9 Å². The average Bonchev–Trinajstić information content (AvgIpc) is 3.11. The fourth-order valence-corrected chi connectivity index (χ4v) is 5.64. The molecule has 0 spiro atoms. The number of phosphoric acid groups is 1. The molecular weight excluding hydrogens is 707 g/mol. The Morgan fingerprint density at radius 3 is 1.87 bits per heavy atom. The summed E-state index contributed by atoms with van der Waals surface area (Å²) in [5, 5.41) is 48.7. The van der Waals surface area contributed by atoms with Crippen molar-refractivity contribution >= 4 is 19.8 Å². The van der Waals surface area contributed by atoms with Gasteiger partial charge in [-0.25, -0.2) is 4.57 Å². The summed E-state index contributed by atoms with van der Waals surface area (Å²) >= 11 is 0. The second kappa shape index (κ2) is 33.2. The Bertz CT molecular complexity index is 1090. The van der Waals surface area contributed by atoms with Gasteiger partial charge in [-0.15, -0.1) is 0 Å². The predicted molar refractivity (Wildman–Crippen MR) is 205 cm³/mol. The minimum absolute atomic E-state index is 0.0660. The van der Waals surface area contributed by atoms with Crippen molar-refractivity contribution in [3.05, 3.63) is 48.6 Å². The van der Waals surface area contributed by atoms with Gasteiger partial charge in [0.25, 0.3) is 0 Å². The van der Waals surface area contributed by atoms with E-state index in [9.17, 15) is 39.5 Å². The van der Waals surface area contributed by atoms with E-state index in [0.717, 1.165) is 44.9 Å². The molecule has 0 aliphatic rings. The molecule has 0 rings (SSSR count). The molecule has 308 valence electrons. The molecule has 0 fully saturated rings. The van der Waals surface area contributed by atoms with E-state index in [-0.39, 0.29) is 25.7 Å². The van der Waals surface area contributed by atoms with Crippen LogP contribution in [-0.4, -0.2) is 99.3 Å². The van der Waals surface area contributed by atoms with Gasteiger partial charge in [-0.2, -0.15) is 0 Å². The maximum Gasteiger partial charge on any atom is 0.472 e. The standard InChI is InChI=1S/C39H69O13P/c1-4-5-15-22-33(41)23-17-12-9-10-13-18-24-36(43)37(44)25-20-27-39(46)52-35(31-51-53(47,48)50-29-34(42)28-40)30-49-38(45)26-19-14-8-6-7-11-16-21-32(2)3/h9-10,12-13,17-18,23-24,32-37,40-44H,4-8,11,14-16,19-22,25-31H2,1-3H3,(H,47,48)/b12-9-,13-10+,23-17+,24-18+/t33-,34-,35+,36-,37-/m0/s1. The van der Waals surface area contributed by atoms with E-state index in [1.54, 1.807) is 42.5 Å². The Hall–Kier alpha value is -2.19. The normalized spacial score (nSPS) is 16.4. The summed E-state index contributed by atoms with van der Waals surface area (Å²) in [4.78, 5) is 34.8. The van der Waals surface area contributed by atoms with Gasteiger partial charge in [-0.3, -0.25) is 18.6 Å². The number of hydrogen-bond acceptors (Lipinski definition) is 12. The fraction of sp³-hybridized carbons (Fsp3) is 0.744. The number of carbonyl (C=O) groups is 2.